The summed E-state index contributed by atoms with van der Waals surface area (Å²) in [4.78, 5) is 10.3. The van der Waals surface area contributed by atoms with Crippen LogP contribution in [-0.2, 0) is 4.79 Å². The minimum Gasteiger partial charge on any atom is -0.477 e. The van der Waals surface area contributed by atoms with E-state index in [0.717, 1.165) is 11.3 Å². The second-order valence-corrected chi connectivity index (χ2v) is 2.55. The predicted octanol–water partition coefficient (Wildman–Crippen LogP) is 1.57. The summed E-state index contributed by atoms with van der Waals surface area (Å²) in [5.41, 5.74) is 1.00. The Morgan fingerprint density at radius 2 is 2.17 bits per heavy atom. The van der Waals surface area contributed by atoms with Crippen LogP contribution in [-0.4, -0.2) is 12.4 Å². The Balaban J connectivity index is 2.39. The maximum atomic E-state index is 10.3. The molecule has 0 saturated heterocycles. The van der Waals surface area contributed by atoms with Crippen molar-refractivity contribution in [3.63, 3.8) is 0 Å². The van der Waals surface area contributed by atoms with Crippen molar-refractivity contribution in [3.05, 3.63) is 35.9 Å². The van der Waals surface area contributed by atoms with Crippen LogP contribution < -0.4 is 4.74 Å². The van der Waals surface area contributed by atoms with Gasteiger partial charge in [-0.15, -0.1) is 0 Å². The first-order valence-electron chi connectivity index (χ1n) is 3.72. The molecule has 0 spiro atoms. The van der Waals surface area contributed by atoms with Gasteiger partial charge >= 0.3 is 0 Å². The Kier molecular flexibility index (Phi) is 1.67. The molecule has 0 N–H and O–H groups in total. The standard InChI is InChI=1S/C10H7O2/c11-7-9-6-5-8-3-1-2-4-10(8)12-9/h1-6,9H. The lowest BCUT2D eigenvalue weighted by molar-refractivity contribution is 0.299. The van der Waals surface area contributed by atoms with Crippen molar-refractivity contribution in [2.45, 2.75) is 6.10 Å². The maximum absolute atomic E-state index is 10.3. The normalized spacial score (nSPS) is 19.5. The van der Waals surface area contributed by atoms with Gasteiger partial charge in [0.15, 0.2) is 6.10 Å². The fourth-order valence-corrected chi connectivity index (χ4v) is 1.16. The highest BCUT2D eigenvalue weighted by molar-refractivity contribution is 5.69. The Labute approximate surface area is 70.5 Å². The fourth-order valence-electron chi connectivity index (χ4n) is 1.16. The van der Waals surface area contributed by atoms with Gasteiger partial charge in [-0.1, -0.05) is 24.3 Å². The Morgan fingerprint density at radius 1 is 1.33 bits per heavy atom. The molecule has 1 unspecified atom stereocenters. The lowest BCUT2D eigenvalue weighted by atomic mass is 10.1. The highest BCUT2D eigenvalue weighted by Crippen LogP contribution is 2.24. The summed E-state index contributed by atoms with van der Waals surface area (Å²) >= 11 is 0. The van der Waals surface area contributed by atoms with E-state index in [-0.39, 0.29) is 0 Å². The van der Waals surface area contributed by atoms with Gasteiger partial charge in [-0.25, -0.2) is 0 Å². The van der Waals surface area contributed by atoms with E-state index in [1.807, 2.05) is 30.3 Å². The average Bonchev–Trinajstić information content (AvgIpc) is 2.17. The lowest BCUT2D eigenvalue weighted by Crippen LogP contribution is -2.17. The van der Waals surface area contributed by atoms with E-state index in [4.69, 9.17) is 4.74 Å². The van der Waals surface area contributed by atoms with Gasteiger partial charge < -0.3 is 4.74 Å². The molecule has 1 heterocycles. The second-order valence-electron chi connectivity index (χ2n) is 2.55. The smallest absolute Gasteiger partial charge is 0.247 e. The van der Waals surface area contributed by atoms with Crippen molar-refractivity contribution in [2.24, 2.45) is 0 Å². The molecule has 59 valence electrons. The number of para-hydroxylation sites is 1. The van der Waals surface area contributed by atoms with E-state index in [1.54, 1.807) is 12.4 Å². The summed E-state index contributed by atoms with van der Waals surface area (Å²) in [7, 11) is 0. The summed E-state index contributed by atoms with van der Waals surface area (Å²) in [6, 6.07) is 7.58. The quantitative estimate of drug-likeness (QED) is 0.621. The number of rotatable bonds is 1. The molecule has 0 saturated carbocycles. The Morgan fingerprint density at radius 3 is 3.00 bits per heavy atom. The van der Waals surface area contributed by atoms with Crippen molar-refractivity contribution in [2.75, 3.05) is 0 Å². The SMILES string of the molecule is O=[C]C1C=Cc2ccccc2O1. The summed E-state index contributed by atoms with van der Waals surface area (Å²) < 4.78 is 5.27. The largest absolute Gasteiger partial charge is 0.477 e. The summed E-state index contributed by atoms with van der Waals surface area (Å²) in [5.74, 6) is 0.744. The molecule has 1 radical (unpaired) electrons. The van der Waals surface area contributed by atoms with Crippen LogP contribution in [0.1, 0.15) is 5.56 Å². The molecular formula is C10H7O2. The third kappa shape index (κ3) is 1.11. The molecular weight excluding hydrogens is 152 g/mol. The number of hydrogen-bond donors (Lipinski definition) is 0. The van der Waals surface area contributed by atoms with Gasteiger partial charge in [0.05, 0.1) is 0 Å². The first kappa shape index (κ1) is 7.10. The van der Waals surface area contributed by atoms with Gasteiger partial charge in [-0.05, 0) is 12.1 Å². The number of ether oxygens (including phenoxy) is 1. The van der Waals surface area contributed by atoms with Gasteiger partial charge in [0.25, 0.3) is 0 Å². The molecule has 1 aromatic carbocycles. The summed E-state index contributed by atoms with van der Waals surface area (Å²) in [6.45, 7) is 0. The van der Waals surface area contributed by atoms with Crippen LogP contribution in [0.3, 0.4) is 0 Å². The van der Waals surface area contributed by atoms with Crippen LogP contribution in [0.25, 0.3) is 6.08 Å². The van der Waals surface area contributed by atoms with Crippen molar-refractivity contribution in [1.29, 1.82) is 0 Å². The fraction of sp³-hybridized carbons (Fsp3) is 0.100. The predicted molar refractivity (Wildman–Crippen MR) is 45.6 cm³/mol. The maximum Gasteiger partial charge on any atom is 0.247 e. The van der Waals surface area contributed by atoms with Crippen molar-refractivity contribution >= 4 is 12.4 Å². The molecule has 12 heavy (non-hydrogen) atoms. The van der Waals surface area contributed by atoms with Gasteiger partial charge in [-0.3, -0.25) is 4.79 Å². The molecule has 2 nitrogen and oxygen atoms in total. The van der Waals surface area contributed by atoms with Crippen molar-refractivity contribution < 1.29 is 9.53 Å². The van der Waals surface area contributed by atoms with Crippen molar-refractivity contribution in [1.82, 2.24) is 0 Å². The van der Waals surface area contributed by atoms with Crippen LogP contribution >= 0.6 is 0 Å². The van der Waals surface area contributed by atoms with Gasteiger partial charge in [0.1, 0.15) is 5.75 Å². The summed E-state index contributed by atoms with van der Waals surface area (Å²) in [6.07, 6.45) is 4.80. The minimum atomic E-state index is -0.542. The number of benzene rings is 1. The molecule has 1 aliphatic rings. The number of carbonyl (C=O) groups excluding carboxylic acids is 1. The van der Waals surface area contributed by atoms with Gasteiger partial charge in [-0.2, -0.15) is 0 Å². The molecule has 2 rings (SSSR count). The third-order valence-corrected chi connectivity index (χ3v) is 1.74. The third-order valence-electron chi connectivity index (χ3n) is 1.74. The molecule has 1 aliphatic heterocycles. The molecule has 1 atom stereocenters. The van der Waals surface area contributed by atoms with E-state index in [0.29, 0.717) is 0 Å². The van der Waals surface area contributed by atoms with E-state index in [9.17, 15) is 4.79 Å². The van der Waals surface area contributed by atoms with E-state index >= 15 is 0 Å². The molecule has 0 bridgehead atoms. The first-order valence-corrected chi connectivity index (χ1v) is 3.72. The highest BCUT2D eigenvalue weighted by atomic mass is 16.5. The minimum absolute atomic E-state index is 0.542. The van der Waals surface area contributed by atoms with Gasteiger partial charge in [0.2, 0.25) is 6.29 Å². The molecule has 0 fully saturated rings. The Hall–Kier alpha value is -1.57. The zero-order chi connectivity index (χ0) is 8.39. The topological polar surface area (TPSA) is 26.3 Å². The van der Waals surface area contributed by atoms with Crippen molar-refractivity contribution in [3.8, 4) is 5.75 Å². The molecule has 2 heteroatoms. The van der Waals surface area contributed by atoms with E-state index < -0.39 is 6.10 Å². The highest BCUT2D eigenvalue weighted by Gasteiger charge is 2.12. The molecule has 0 amide bonds. The lowest BCUT2D eigenvalue weighted by Gasteiger charge is -2.15. The van der Waals surface area contributed by atoms with Crippen LogP contribution in [0.4, 0.5) is 0 Å². The second kappa shape index (κ2) is 2.81. The first-order chi connectivity index (χ1) is 5.90. The molecule has 0 aliphatic carbocycles. The average molecular weight is 159 g/mol. The zero-order valence-electron chi connectivity index (χ0n) is 6.36. The molecule has 0 aromatic heterocycles. The van der Waals surface area contributed by atoms with Crippen LogP contribution in [0, 0.1) is 0 Å². The number of fused-ring (bicyclic) bond motifs is 1. The van der Waals surface area contributed by atoms with Gasteiger partial charge in [0, 0.05) is 5.56 Å². The zero-order valence-corrected chi connectivity index (χ0v) is 6.36. The van der Waals surface area contributed by atoms with Crippen LogP contribution in [0.5, 0.6) is 5.75 Å². The monoisotopic (exact) mass is 159 g/mol. The van der Waals surface area contributed by atoms with E-state index in [2.05, 4.69) is 0 Å². The molecule has 1 aromatic rings. The van der Waals surface area contributed by atoms with E-state index in [1.165, 1.54) is 0 Å². The Bertz CT molecular complexity index is 328. The summed E-state index contributed by atoms with van der Waals surface area (Å²) in [5, 5.41) is 0. The van der Waals surface area contributed by atoms with Crippen LogP contribution in [0.2, 0.25) is 0 Å². The number of hydrogen-bond acceptors (Lipinski definition) is 2. The van der Waals surface area contributed by atoms with Crippen LogP contribution in [0.15, 0.2) is 30.3 Å².